The van der Waals surface area contributed by atoms with E-state index in [1.54, 1.807) is 0 Å². The van der Waals surface area contributed by atoms with E-state index in [1.807, 2.05) is 0 Å². The molecule has 2 fully saturated rings. The van der Waals surface area contributed by atoms with Crippen molar-refractivity contribution < 1.29 is 19.4 Å². The van der Waals surface area contributed by atoms with Gasteiger partial charge in [0.05, 0.1) is 11.0 Å². The third-order valence-electron chi connectivity index (χ3n) is 4.94. The predicted octanol–water partition coefficient (Wildman–Crippen LogP) is 1.04. The lowest BCUT2D eigenvalue weighted by atomic mass is 9.80. The molecule has 0 spiro atoms. The van der Waals surface area contributed by atoms with E-state index < -0.39 is 16.9 Å². The van der Waals surface area contributed by atoms with E-state index in [2.05, 4.69) is 5.32 Å². The number of nitrogens with two attached hydrogens (primary N) is 1. The zero-order chi connectivity index (χ0) is 15.3. The largest absolute Gasteiger partial charge is 0.481 e. The second-order valence-corrected chi connectivity index (χ2v) is 6.45. The molecule has 120 valence electrons. The molecule has 6 heteroatoms. The second-order valence-electron chi connectivity index (χ2n) is 6.45. The minimum absolute atomic E-state index is 0.182. The van der Waals surface area contributed by atoms with E-state index in [-0.39, 0.29) is 12.5 Å². The molecule has 0 aromatic carbocycles. The summed E-state index contributed by atoms with van der Waals surface area (Å²) in [5.74, 6) is -1.04. The summed E-state index contributed by atoms with van der Waals surface area (Å²) in [4.78, 5) is 24.0. The monoisotopic (exact) mass is 298 g/mol. The molecule has 0 aromatic rings. The van der Waals surface area contributed by atoms with Crippen molar-refractivity contribution in [1.82, 2.24) is 5.32 Å². The Balaban J connectivity index is 1.98. The van der Waals surface area contributed by atoms with E-state index in [4.69, 9.17) is 10.5 Å². The van der Waals surface area contributed by atoms with E-state index >= 15 is 0 Å². The van der Waals surface area contributed by atoms with Crippen LogP contribution in [0.4, 0.5) is 0 Å². The van der Waals surface area contributed by atoms with Gasteiger partial charge in [-0.25, -0.2) is 0 Å². The Labute approximate surface area is 125 Å². The second kappa shape index (κ2) is 6.75. The van der Waals surface area contributed by atoms with Crippen LogP contribution in [0.1, 0.15) is 51.4 Å². The molecule has 0 aromatic heterocycles. The average molecular weight is 298 g/mol. The Hall–Kier alpha value is -1.14. The number of carbonyl (C=O) groups excluding carboxylic acids is 1. The van der Waals surface area contributed by atoms with Gasteiger partial charge in [0.1, 0.15) is 0 Å². The lowest BCUT2D eigenvalue weighted by Crippen LogP contribution is -2.58. The van der Waals surface area contributed by atoms with Gasteiger partial charge in [-0.15, -0.1) is 0 Å². The van der Waals surface area contributed by atoms with Gasteiger partial charge in [-0.3, -0.25) is 9.59 Å². The summed E-state index contributed by atoms with van der Waals surface area (Å²) in [6.45, 7) is 1.14. The standard InChI is InChI=1S/C15H26N2O4/c16-15(7-9-21-10-8-15)12(18)17-11-14(13(19)20)5-3-1-2-4-6-14/h1-11,16H2,(H,17,18)(H,19,20). The molecule has 1 aliphatic carbocycles. The van der Waals surface area contributed by atoms with Gasteiger partial charge < -0.3 is 20.9 Å². The van der Waals surface area contributed by atoms with Crippen molar-refractivity contribution in [2.45, 2.75) is 56.9 Å². The number of amides is 1. The van der Waals surface area contributed by atoms with Crippen molar-refractivity contribution in [2.24, 2.45) is 11.1 Å². The third kappa shape index (κ3) is 3.74. The van der Waals surface area contributed by atoms with Crippen LogP contribution in [0.25, 0.3) is 0 Å². The number of hydrogen-bond acceptors (Lipinski definition) is 4. The summed E-state index contributed by atoms with van der Waals surface area (Å²) in [5.41, 5.74) is 4.39. The smallest absolute Gasteiger partial charge is 0.311 e. The van der Waals surface area contributed by atoms with Gasteiger partial charge in [0.25, 0.3) is 0 Å². The lowest BCUT2D eigenvalue weighted by molar-refractivity contribution is -0.150. The highest BCUT2D eigenvalue weighted by atomic mass is 16.5. The molecule has 0 unspecified atom stereocenters. The highest BCUT2D eigenvalue weighted by molar-refractivity contribution is 5.87. The van der Waals surface area contributed by atoms with Gasteiger partial charge in [0, 0.05) is 19.8 Å². The normalized spacial score (nSPS) is 24.8. The minimum Gasteiger partial charge on any atom is -0.481 e. The SMILES string of the molecule is NC1(C(=O)NCC2(C(=O)O)CCCCCC2)CCOCC1. The third-order valence-corrected chi connectivity index (χ3v) is 4.94. The Morgan fingerprint density at radius 2 is 1.62 bits per heavy atom. The van der Waals surface area contributed by atoms with Gasteiger partial charge in [-0.2, -0.15) is 0 Å². The lowest BCUT2D eigenvalue weighted by Gasteiger charge is -2.34. The van der Waals surface area contributed by atoms with Crippen LogP contribution in [0, 0.1) is 5.41 Å². The maximum Gasteiger partial charge on any atom is 0.311 e. The molecule has 4 N–H and O–H groups in total. The number of nitrogens with one attached hydrogen (secondary N) is 1. The Morgan fingerprint density at radius 1 is 1.05 bits per heavy atom. The van der Waals surface area contributed by atoms with Crippen molar-refractivity contribution in [3.8, 4) is 0 Å². The van der Waals surface area contributed by atoms with Crippen LogP contribution in [0.2, 0.25) is 0 Å². The van der Waals surface area contributed by atoms with Crippen LogP contribution in [0.5, 0.6) is 0 Å². The first-order valence-electron chi connectivity index (χ1n) is 7.87. The first-order chi connectivity index (χ1) is 9.99. The zero-order valence-corrected chi connectivity index (χ0v) is 12.5. The van der Waals surface area contributed by atoms with Crippen molar-refractivity contribution in [3.05, 3.63) is 0 Å². The van der Waals surface area contributed by atoms with Crippen molar-refractivity contribution >= 4 is 11.9 Å². The van der Waals surface area contributed by atoms with E-state index in [0.29, 0.717) is 38.9 Å². The van der Waals surface area contributed by atoms with E-state index in [9.17, 15) is 14.7 Å². The summed E-state index contributed by atoms with van der Waals surface area (Å²) < 4.78 is 5.23. The summed E-state index contributed by atoms with van der Waals surface area (Å²) in [6.07, 6.45) is 6.18. The first kappa shape index (κ1) is 16.2. The molecule has 1 heterocycles. The molecule has 1 saturated heterocycles. The van der Waals surface area contributed by atoms with Gasteiger partial charge in [-0.1, -0.05) is 25.7 Å². The summed E-state index contributed by atoms with van der Waals surface area (Å²) in [7, 11) is 0. The molecule has 0 radical (unpaired) electrons. The van der Waals surface area contributed by atoms with Crippen molar-refractivity contribution in [3.63, 3.8) is 0 Å². The van der Waals surface area contributed by atoms with Gasteiger partial charge >= 0.3 is 5.97 Å². The molecule has 1 aliphatic heterocycles. The maximum atomic E-state index is 12.3. The summed E-state index contributed by atoms with van der Waals surface area (Å²) >= 11 is 0. The molecule has 2 aliphatic rings. The number of ether oxygens (including phenoxy) is 1. The predicted molar refractivity (Wildman–Crippen MR) is 77.8 cm³/mol. The fourth-order valence-electron chi connectivity index (χ4n) is 3.26. The molecule has 0 bridgehead atoms. The molecular formula is C15H26N2O4. The first-order valence-corrected chi connectivity index (χ1v) is 7.87. The van der Waals surface area contributed by atoms with Gasteiger partial charge in [0.2, 0.25) is 5.91 Å². The molecule has 0 atom stereocenters. The zero-order valence-electron chi connectivity index (χ0n) is 12.5. The van der Waals surface area contributed by atoms with Crippen molar-refractivity contribution in [1.29, 1.82) is 0 Å². The van der Waals surface area contributed by atoms with Gasteiger partial charge in [-0.05, 0) is 25.7 Å². The topological polar surface area (TPSA) is 102 Å². The number of rotatable bonds is 4. The number of carboxylic acids is 1. The summed E-state index contributed by atoms with van der Waals surface area (Å²) in [5, 5.41) is 12.4. The van der Waals surface area contributed by atoms with Crippen LogP contribution >= 0.6 is 0 Å². The van der Waals surface area contributed by atoms with Gasteiger partial charge in [0.15, 0.2) is 0 Å². The van der Waals surface area contributed by atoms with Crippen LogP contribution < -0.4 is 11.1 Å². The minimum atomic E-state index is -0.914. The number of aliphatic carboxylic acids is 1. The van der Waals surface area contributed by atoms with Crippen LogP contribution in [0.15, 0.2) is 0 Å². The van der Waals surface area contributed by atoms with Crippen LogP contribution in [0.3, 0.4) is 0 Å². The number of hydrogen-bond donors (Lipinski definition) is 3. The Morgan fingerprint density at radius 3 is 2.14 bits per heavy atom. The fourth-order valence-corrected chi connectivity index (χ4v) is 3.26. The molecule has 6 nitrogen and oxygen atoms in total. The molecule has 2 rings (SSSR count). The molecule has 21 heavy (non-hydrogen) atoms. The number of carbonyl (C=O) groups is 2. The van der Waals surface area contributed by atoms with Crippen molar-refractivity contribution in [2.75, 3.05) is 19.8 Å². The maximum absolute atomic E-state index is 12.3. The fraction of sp³-hybridized carbons (Fsp3) is 0.867. The average Bonchev–Trinajstić information content (AvgIpc) is 2.72. The van der Waals surface area contributed by atoms with E-state index in [0.717, 1.165) is 25.7 Å². The number of carboxylic acid groups (broad SMARTS) is 1. The Kier molecular flexibility index (Phi) is 5.22. The molecule has 1 amide bonds. The summed E-state index contributed by atoms with van der Waals surface area (Å²) in [6, 6.07) is 0. The molecular weight excluding hydrogens is 272 g/mol. The van der Waals surface area contributed by atoms with E-state index in [1.165, 1.54) is 0 Å². The quantitative estimate of drug-likeness (QED) is 0.673. The van der Waals surface area contributed by atoms with Crippen LogP contribution in [-0.4, -0.2) is 42.3 Å². The van der Waals surface area contributed by atoms with Crippen LogP contribution in [-0.2, 0) is 14.3 Å². The Bertz CT molecular complexity index is 383. The molecule has 1 saturated carbocycles. The highest BCUT2D eigenvalue weighted by Crippen LogP contribution is 2.35. The highest BCUT2D eigenvalue weighted by Gasteiger charge is 2.41.